The van der Waals surface area contributed by atoms with E-state index in [9.17, 15) is 5.11 Å². The van der Waals surface area contributed by atoms with Crippen LogP contribution in [0.25, 0.3) is 0 Å². The fourth-order valence-electron chi connectivity index (χ4n) is 3.06. The zero-order valence-corrected chi connectivity index (χ0v) is 12.6. The zero-order valence-electron chi connectivity index (χ0n) is 12.6. The van der Waals surface area contributed by atoms with Crippen LogP contribution in [0.15, 0.2) is 30.3 Å². The summed E-state index contributed by atoms with van der Waals surface area (Å²) in [6.45, 7) is 3.05. The fraction of sp³-hybridized carbons (Fsp3) is 0.625. The number of nitrogens with zero attached hydrogens (tertiary/aromatic N) is 2. The summed E-state index contributed by atoms with van der Waals surface area (Å²) in [5, 5.41) is 10.9. The first-order valence-corrected chi connectivity index (χ1v) is 7.42. The van der Waals surface area contributed by atoms with E-state index in [0.717, 1.165) is 12.1 Å². The second kappa shape index (κ2) is 6.68. The number of hydrogen-bond acceptors (Lipinski definition) is 4. The van der Waals surface area contributed by atoms with Gasteiger partial charge in [-0.15, -0.1) is 0 Å². The molecule has 0 saturated carbocycles. The third-order valence-corrected chi connectivity index (χ3v) is 4.38. The van der Waals surface area contributed by atoms with Gasteiger partial charge in [0, 0.05) is 25.7 Å². The maximum absolute atomic E-state index is 10.9. The minimum absolute atomic E-state index is 0.240. The smallest absolute Gasteiger partial charge is 0.114 e. The highest BCUT2D eigenvalue weighted by Crippen LogP contribution is 2.23. The first-order valence-electron chi connectivity index (χ1n) is 7.42. The van der Waals surface area contributed by atoms with E-state index in [1.54, 1.807) is 0 Å². The molecule has 1 aliphatic rings. The van der Waals surface area contributed by atoms with Gasteiger partial charge in [0.15, 0.2) is 0 Å². The van der Waals surface area contributed by atoms with E-state index in [0.29, 0.717) is 12.6 Å². The third kappa shape index (κ3) is 3.58. The van der Waals surface area contributed by atoms with Crippen LogP contribution in [0.5, 0.6) is 0 Å². The number of benzene rings is 1. The van der Waals surface area contributed by atoms with Crippen molar-refractivity contribution in [2.45, 2.75) is 24.5 Å². The minimum atomic E-state index is -0.966. The molecule has 0 amide bonds. The van der Waals surface area contributed by atoms with E-state index >= 15 is 0 Å². The van der Waals surface area contributed by atoms with Crippen molar-refractivity contribution in [3.05, 3.63) is 35.9 Å². The molecule has 3 N–H and O–H groups in total. The summed E-state index contributed by atoms with van der Waals surface area (Å²) >= 11 is 0. The molecule has 4 nitrogen and oxygen atoms in total. The van der Waals surface area contributed by atoms with Gasteiger partial charge in [0.2, 0.25) is 0 Å². The van der Waals surface area contributed by atoms with Gasteiger partial charge in [0.25, 0.3) is 0 Å². The van der Waals surface area contributed by atoms with Crippen LogP contribution in [0.4, 0.5) is 0 Å². The lowest BCUT2D eigenvalue weighted by molar-refractivity contribution is -0.00651. The minimum Gasteiger partial charge on any atom is -0.382 e. The molecule has 1 saturated heterocycles. The Bertz CT molecular complexity index is 411. The second-order valence-corrected chi connectivity index (χ2v) is 6.08. The van der Waals surface area contributed by atoms with Gasteiger partial charge in [-0.05, 0) is 39.0 Å². The van der Waals surface area contributed by atoms with Crippen molar-refractivity contribution in [2.75, 3.05) is 40.3 Å². The predicted octanol–water partition coefficient (Wildman–Crippen LogP) is 0.859. The number of nitrogens with two attached hydrogens (primary N) is 1. The van der Waals surface area contributed by atoms with Crippen LogP contribution in [-0.2, 0) is 5.60 Å². The molecule has 1 heterocycles. The lowest BCUT2D eigenvalue weighted by Gasteiger charge is -2.40. The molecule has 4 heteroatoms. The van der Waals surface area contributed by atoms with E-state index in [4.69, 9.17) is 5.73 Å². The Kier molecular flexibility index (Phi) is 5.16. The van der Waals surface area contributed by atoms with Crippen molar-refractivity contribution in [1.29, 1.82) is 0 Å². The molecule has 20 heavy (non-hydrogen) atoms. The van der Waals surface area contributed by atoms with Gasteiger partial charge >= 0.3 is 0 Å². The maximum Gasteiger partial charge on any atom is 0.114 e. The molecule has 1 aromatic carbocycles. The van der Waals surface area contributed by atoms with Gasteiger partial charge < -0.3 is 15.7 Å². The van der Waals surface area contributed by atoms with Crippen LogP contribution in [0, 0.1) is 0 Å². The van der Waals surface area contributed by atoms with Gasteiger partial charge in [-0.1, -0.05) is 30.3 Å². The van der Waals surface area contributed by atoms with Crippen LogP contribution in [-0.4, -0.2) is 61.2 Å². The summed E-state index contributed by atoms with van der Waals surface area (Å²) in [6.07, 6.45) is 2.41. The summed E-state index contributed by atoms with van der Waals surface area (Å²) in [7, 11) is 4.25. The Morgan fingerprint density at radius 3 is 2.70 bits per heavy atom. The Hall–Kier alpha value is -0.940. The zero-order chi connectivity index (χ0) is 14.6. The number of aliphatic hydroxyl groups is 1. The first-order chi connectivity index (χ1) is 9.55. The molecular weight excluding hydrogens is 250 g/mol. The van der Waals surface area contributed by atoms with Gasteiger partial charge in [-0.2, -0.15) is 0 Å². The highest BCUT2D eigenvalue weighted by Gasteiger charge is 2.32. The van der Waals surface area contributed by atoms with E-state index in [1.807, 2.05) is 30.3 Å². The highest BCUT2D eigenvalue weighted by molar-refractivity contribution is 5.23. The van der Waals surface area contributed by atoms with Crippen molar-refractivity contribution in [3.8, 4) is 0 Å². The standard InChI is InChI=1S/C16H27N3O/c1-18-10-6-9-15(11-18)19(2)13-16(20,12-17)14-7-4-3-5-8-14/h3-5,7-8,15,20H,6,9-13,17H2,1-2H3. The van der Waals surface area contributed by atoms with Crippen LogP contribution in [0.1, 0.15) is 18.4 Å². The van der Waals surface area contributed by atoms with Crippen LogP contribution < -0.4 is 5.73 Å². The molecule has 2 atom stereocenters. The molecule has 0 radical (unpaired) electrons. The van der Waals surface area contributed by atoms with Crippen LogP contribution >= 0.6 is 0 Å². The molecule has 0 bridgehead atoms. The summed E-state index contributed by atoms with van der Waals surface area (Å²) < 4.78 is 0. The van der Waals surface area contributed by atoms with Crippen molar-refractivity contribution in [3.63, 3.8) is 0 Å². The largest absolute Gasteiger partial charge is 0.382 e. The SMILES string of the molecule is CN1CCCC(N(C)CC(O)(CN)c2ccccc2)C1. The molecule has 2 rings (SSSR count). The molecule has 0 spiro atoms. The molecule has 1 aromatic rings. The quantitative estimate of drug-likeness (QED) is 0.838. The Balaban J connectivity index is 2.05. The fourth-order valence-corrected chi connectivity index (χ4v) is 3.06. The topological polar surface area (TPSA) is 52.7 Å². The van der Waals surface area contributed by atoms with Gasteiger partial charge in [0.1, 0.15) is 5.60 Å². The Labute approximate surface area is 122 Å². The van der Waals surface area contributed by atoms with Crippen molar-refractivity contribution >= 4 is 0 Å². The van der Waals surface area contributed by atoms with Crippen molar-refractivity contribution in [2.24, 2.45) is 5.73 Å². The summed E-state index contributed by atoms with van der Waals surface area (Å²) in [5.74, 6) is 0. The molecule has 0 aliphatic carbocycles. The van der Waals surface area contributed by atoms with Crippen LogP contribution in [0.2, 0.25) is 0 Å². The van der Waals surface area contributed by atoms with E-state index in [2.05, 4.69) is 23.9 Å². The number of hydrogen-bond donors (Lipinski definition) is 2. The molecular formula is C16H27N3O. The molecule has 1 fully saturated rings. The van der Waals surface area contributed by atoms with Crippen molar-refractivity contribution < 1.29 is 5.11 Å². The number of rotatable bonds is 5. The summed E-state index contributed by atoms with van der Waals surface area (Å²) in [4.78, 5) is 4.62. The van der Waals surface area contributed by atoms with E-state index in [1.165, 1.54) is 19.4 Å². The predicted molar refractivity (Wildman–Crippen MR) is 82.5 cm³/mol. The number of likely N-dealkylation sites (tertiary alicyclic amines) is 1. The second-order valence-electron chi connectivity index (χ2n) is 6.08. The average molecular weight is 277 g/mol. The molecule has 2 unspecified atom stereocenters. The normalized spacial score (nSPS) is 23.8. The van der Waals surface area contributed by atoms with Crippen LogP contribution in [0.3, 0.4) is 0 Å². The first kappa shape index (κ1) is 15.4. The Morgan fingerprint density at radius 2 is 2.10 bits per heavy atom. The maximum atomic E-state index is 10.9. The molecule has 112 valence electrons. The van der Waals surface area contributed by atoms with Crippen molar-refractivity contribution in [1.82, 2.24) is 9.80 Å². The van der Waals surface area contributed by atoms with Gasteiger partial charge in [-0.25, -0.2) is 0 Å². The van der Waals surface area contributed by atoms with E-state index in [-0.39, 0.29) is 6.54 Å². The van der Waals surface area contributed by atoms with Gasteiger partial charge in [-0.3, -0.25) is 4.90 Å². The number of likely N-dealkylation sites (N-methyl/N-ethyl adjacent to an activating group) is 2. The lowest BCUT2D eigenvalue weighted by Crippen LogP contribution is -2.51. The van der Waals surface area contributed by atoms with Gasteiger partial charge in [0.05, 0.1) is 0 Å². The van der Waals surface area contributed by atoms with E-state index < -0.39 is 5.60 Å². The third-order valence-electron chi connectivity index (χ3n) is 4.38. The molecule has 1 aliphatic heterocycles. The monoisotopic (exact) mass is 277 g/mol. The summed E-state index contributed by atoms with van der Waals surface area (Å²) in [5.41, 5.74) is 5.79. The molecule has 0 aromatic heterocycles. The average Bonchev–Trinajstić information content (AvgIpc) is 2.48. The summed E-state index contributed by atoms with van der Waals surface area (Å²) in [6, 6.07) is 10.3. The Morgan fingerprint density at radius 1 is 1.40 bits per heavy atom. The lowest BCUT2D eigenvalue weighted by atomic mass is 9.92. The highest BCUT2D eigenvalue weighted by atomic mass is 16.3. The number of piperidine rings is 1.